The van der Waals surface area contributed by atoms with E-state index in [0.717, 1.165) is 54.3 Å². The third-order valence-electron chi connectivity index (χ3n) is 5.69. The second kappa shape index (κ2) is 10.2. The summed E-state index contributed by atoms with van der Waals surface area (Å²) in [6.45, 7) is 1.84. The van der Waals surface area contributed by atoms with Gasteiger partial charge in [-0.1, -0.05) is 24.3 Å². The Morgan fingerprint density at radius 2 is 2.09 bits per heavy atom. The Labute approximate surface area is 191 Å². The van der Waals surface area contributed by atoms with Gasteiger partial charge in [0.25, 0.3) is 0 Å². The molecule has 3 aromatic rings. The number of benzene rings is 1. The molecule has 1 amide bonds. The number of piperidine rings is 1. The number of carbonyl (C=O) groups is 1. The Balaban J connectivity index is 1.35. The fourth-order valence-corrected chi connectivity index (χ4v) is 4.41. The highest BCUT2D eigenvalue weighted by atomic mass is 32.1. The summed E-state index contributed by atoms with van der Waals surface area (Å²) < 4.78 is 5.39. The number of aromatic nitrogens is 2. The Kier molecular flexibility index (Phi) is 6.97. The minimum absolute atomic E-state index is 0.139. The number of anilines is 1. The molecule has 0 bridgehead atoms. The number of nitriles is 1. The van der Waals surface area contributed by atoms with Crippen LogP contribution in [-0.4, -0.2) is 47.1 Å². The Morgan fingerprint density at radius 3 is 2.84 bits per heavy atom. The number of hydrogen-bond donors (Lipinski definition) is 0. The number of carbonyl (C=O) groups excluding carboxylic acids is 1. The SMILES string of the molecule is CN(C(=O)OCc1cscn1)C1CCN(c2cccc(-c3cccc(CC#N)c3)n2)CC1. The van der Waals surface area contributed by atoms with E-state index in [9.17, 15) is 4.79 Å². The largest absolute Gasteiger partial charge is 0.443 e. The minimum atomic E-state index is -0.311. The molecule has 1 aliphatic heterocycles. The summed E-state index contributed by atoms with van der Waals surface area (Å²) in [6.07, 6.45) is 1.78. The van der Waals surface area contributed by atoms with Gasteiger partial charge in [0.05, 0.1) is 29.4 Å². The number of ether oxygens (including phenoxy) is 1. The highest BCUT2D eigenvalue weighted by Gasteiger charge is 2.27. The normalized spacial score (nSPS) is 14.1. The summed E-state index contributed by atoms with van der Waals surface area (Å²) in [5, 5.41) is 10.8. The molecule has 1 saturated heterocycles. The van der Waals surface area contributed by atoms with Gasteiger partial charge in [-0.25, -0.2) is 14.8 Å². The number of nitrogens with zero attached hydrogens (tertiary/aromatic N) is 5. The van der Waals surface area contributed by atoms with Crippen molar-refractivity contribution < 1.29 is 9.53 Å². The second-order valence-corrected chi connectivity index (χ2v) is 8.50. The first-order valence-corrected chi connectivity index (χ1v) is 11.5. The summed E-state index contributed by atoms with van der Waals surface area (Å²) in [7, 11) is 1.80. The van der Waals surface area contributed by atoms with Gasteiger partial charge >= 0.3 is 6.09 Å². The number of amides is 1. The number of thiazole rings is 1. The van der Waals surface area contributed by atoms with E-state index < -0.39 is 0 Å². The third-order valence-corrected chi connectivity index (χ3v) is 6.33. The van der Waals surface area contributed by atoms with Crippen molar-refractivity contribution in [2.75, 3.05) is 25.0 Å². The van der Waals surface area contributed by atoms with Crippen molar-refractivity contribution in [3.05, 3.63) is 64.6 Å². The van der Waals surface area contributed by atoms with E-state index in [1.165, 1.54) is 11.3 Å². The molecule has 1 fully saturated rings. The second-order valence-electron chi connectivity index (χ2n) is 7.78. The van der Waals surface area contributed by atoms with E-state index in [0.29, 0.717) is 6.42 Å². The fourth-order valence-electron chi connectivity index (χ4n) is 3.87. The van der Waals surface area contributed by atoms with Crippen LogP contribution in [0.4, 0.5) is 10.6 Å². The standard InChI is InChI=1S/C24H25N5O2S/c1-28(24(30)31-15-20-16-32-17-26-20)21-9-12-29(13-10-21)23-7-3-6-22(27-23)19-5-2-4-18(14-19)8-11-25/h2-7,14,16-17,21H,8-10,12-13,15H2,1H3. The maximum absolute atomic E-state index is 12.4. The van der Waals surface area contributed by atoms with Gasteiger partial charge in [-0.15, -0.1) is 11.3 Å². The monoisotopic (exact) mass is 447 g/mol. The number of pyridine rings is 1. The molecule has 0 atom stereocenters. The number of rotatable bonds is 6. The van der Waals surface area contributed by atoms with Crippen molar-refractivity contribution in [1.82, 2.24) is 14.9 Å². The van der Waals surface area contributed by atoms with Crippen LogP contribution in [0.5, 0.6) is 0 Å². The van der Waals surface area contributed by atoms with Crippen molar-refractivity contribution in [2.24, 2.45) is 0 Å². The predicted molar refractivity (Wildman–Crippen MR) is 124 cm³/mol. The van der Waals surface area contributed by atoms with Crippen molar-refractivity contribution in [3.63, 3.8) is 0 Å². The topological polar surface area (TPSA) is 82.4 Å². The van der Waals surface area contributed by atoms with Gasteiger partial charge in [0.15, 0.2) is 0 Å². The van der Waals surface area contributed by atoms with Gasteiger partial charge in [-0.2, -0.15) is 5.26 Å². The van der Waals surface area contributed by atoms with Crippen molar-refractivity contribution in [2.45, 2.75) is 31.9 Å². The molecule has 2 aromatic heterocycles. The van der Waals surface area contributed by atoms with Crippen LogP contribution in [0, 0.1) is 11.3 Å². The molecule has 4 rings (SSSR count). The van der Waals surface area contributed by atoms with Crippen molar-refractivity contribution >= 4 is 23.2 Å². The molecule has 8 heteroatoms. The Morgan fingerprint density at radius 1 is 1.28 bits per heavy atom. The lowest BCUT2D eigenvalue weighted by Gasteiger charge is -2.36. The van der Waals surface area contributed by atoms with Gasteiger partial charge < -0.3 is 14.5 Å². The van der Waals surface area contributed by atoms with Crippen LogP contribution in [0.3, 0.4) is 0 Å². The fraction of sp³-hybridized carbons (Fsp3) is 0.333. The van der Waals surface area contributed by atoms with E-state index in [2.05, 4.69) is 16.0 Å². The van der Waals surface area contributed by atoms with Crippen molar-refractivity contribution in [1.29, 1.82) is 5.26 Å². The van der Waals surface area contributed by atoms with Gasteiger partial charge in [0, 0.05) is 37.1 Å². The zero-order valence-electron chi connectivity index (χ0n) is 18.0. The predicted octanol–water partition coefficient (Wildman–Crippen LogP) is 4.51. The highest BCUT2D eigenvalue weighted by molar-refractivity contribution is 7.07. The molecule has 0 N–H and O–H groups in total. The molecule has 0 unspecified atom stereocenters. The maximum Gasteiger partial charge on any atom is 0.410 e. The summed E-state index contributed by atoms with van der Waals surface area (Å²) in [5.74, 6) is 0.931. The van der Waals surface area contributed by atoms with E-state index in [1.807, 2.05) is 47.8 Å². The average Bonchev–Trinajstić information content (AvgIpc) is 3.36. The molecule has 0 aliphatic carbocycles. The molecule has 1 aliphatic rings. The highest BCUT2D eigenvalue weighted by Crippen LogP contribution is 2.25. The summed E-state index contributed by atoms with van der Waals surface area (Å²) in [4.78, 5) is 25.4. The van der Waals surface area contributed by atoms with Crippen LogP contribution < -0.4 is 4.90 Å². The van der Waals surface area contributed by atoms with Gasteiger partial charge in [0.1, 0.15) is 12.4 Å². The lowest BCUT2D eigenvalue weighted by molar-refractivity contribution is 0.0854. The molecule has 1 aromatic carbocycles. The Hall–Kier alpha value is -3.44. The van der Waals surface area contributed by atoms with Crippen LogP contribution in [-0.2, 0) is 17.8 Å². The van der Waals surface area contributed by atoms with E-state index >= 15 is 0 Å². The van der Waals surface area contributed by atoms with E-state index in [-0.39, 0.29) is 18.7 Å². The zero-order chi connectivity index (χ0) is 22.3. The number of hydrogen-bond acceptors (Lipinski definition) is 7. The molecular formula is C24H25N5O2S. The van der Waals surface area contributed by atoms with Crippen LogP contribution in [0.2, 0.25) is 0 Å². The smallest absolute Gasteiger partial charge is 0.410 e. The van der Waals surface area contributed by atoms with Crippen LogP contribution in [0.15, 0.2) is 53.4 Å². The summed E-state index contributed by atoms with van der Waals surface area (Å²) >= 11 is 1.49. The average molecular weight is 448 g/mol. The third kappa shape index (κ3) is 5.24. The molecule has 32 heavy (non-hydrogen) atoms. The molecule has 0 spiro atoms. The maximum atomic E-state index is 12.4. The molecule has 7 nitrogen and oxygen atoms in total. The van der Waals surface area contributed by atoms with Crippen molar-refractivity contribution in [3.8, 4) is 17.3 Å². The first-order chi connectivity index (χ1) is 15.6. The first kappa shape index (κ1) is 21.8. The zero-order valence-corrected chi connectivity index (χ0v) is 18.8. The molecule has 3 heterocycles. The summed E-state index contributed by atoms with van der Waals surface area (Å²) in [5.41, 5.74) is 5.40. The molecular weight excluding hydrogens is 422 g/mol. The molecule has 0 saturated carbocycles. The minimum Gasteiger partial charge on any atom is -0.443 e. The lowest BCUT2D eigenvalue weighted by Crippen LogP contribution is -2.46. The van der Waals surface area contributed by atoms with Crippen LogP contribution >= 0.6 is 11.3 Å². The van der Waals surface area contributed by atoms with Crippen LogP contribution in [0.1, 0.15) is 24.1 Å². The first-order valence-electron chi connectivity index (χ1n) is 10.6. The summed E-state index contributed by atoms with van der Waals surface area (Å²) in [6, 6.07) is 16.3. The van der Waals surface area contributed by atoms with Gasteiger partial charge in [0.2, 0.25) is 0 Å². The van der Waals surface area contributed by atoms with E-state index in [1.54, 1.807) is 17.5 Å². The quantitative estimate of drug-likeness (QED) is 0.553. The van der Waals surface area contributed by atoms with Gasteiger partial charge in [-0.05, 0) is 36.6 Å². The van der Waals surface area contributed by atoms with E-state index in [4.69, 9.17) is 15.0 Å². The van der Waals surface area contributed by atoms with Gasteiger partial charge in [-0.3, -0.25) is 0 Å². The Bertz CT molecular complexity index is 1090. The molecule has 164 valence electrons. The van der Waals surface area contributed by atoms with Crippen LogP contribution in [0.25, 0.3) is 11.3 Å². The lowest BCUT2D eigenvalue weighted by atomic mass is 10.0. The molecule has 0 radical (unpaired) electrons.